The zero-order valence-corrected chi connectivity index (χ0v) is 16.3. The van der Waals surface area contributed by atoms with Crippen LogP contribution in [0.4, 0.5) is 4.79 Å². The summed E-state index contributed by atoms with van der Waals surface area (Å²) < 4.78 is 10.9. The Labute approximate surface area is 165 Å². The average molecular weight is 382 g/mol. The van der Waals surface area contributed by atoms with Gasteiger partial charge in [-0.05, 0) is 62.1 Å². The van der Waals surface area contributed by atoms with Gasteiger partial charge in [0.15, 0.2) is 6.61 Å². The number of amides is 2. The molecule has 0 aromatic heterocycles. The fourth-order valence-corrected chi connectivity index (χ4v) is 3.10. The van der Waals surface area contributed by atoms with Crippen LogP contribution in [0.5, 0.6) is 11.5 Å². The standard InChI is InChI=1S/C22H26N2O4/c1-16-8-9-20(14-17(16)2)27-15-21(25)24-12-10-18(11-13-24)23-22(26)28-19-6-4-3-5-7-19/h3-9,14,18H,10-13,15H2,1-2H3,(H,23,26). The second kappa shape index (κ2) is 9.26. The Morgan fingerprint density at radius 1 is 1.00 bits per heavy atom. The van der Waals surface area contributed by atoms with Crippen molar-refractivity contribution in [3.63, 3.8) is 0 Å². The van der Waals surface area contributed by atoms with Crippen molar-refractivity contribution in [2.75, 3.05) is 19.7 Å². The quantitative estimate of drug-likeness (QED) is 0.860. The Morgan fingerprint density at radius 2 is 1.71 bits per heavy atom. The third-order valence-corrected chi connectivity index (χ3v) is 4.96. The molecule has 0 saturated carbocycles. The lowest BCUT2D eigenvalue weighted by molar-refractivity contribution is -0.134. The van der Waals surface area contributed by atoms with Crippen molar-refractivity contribution in [1.29, 1.82) is 0 Å². The fourth-order valence-electron chi connectivity index (χ4n) is 3.10. The smallest absolute Gasteiger partial charge is 0.412 e. The number of piperidine rings is 1. The maximum atomic E-state index is 12.4. The van der Waals surface area contributed by atoms with E-state index in [-0.39, 0.29) is 18.6 Å². The van der Waals surface area contributed by atoms with Gasteiger partial charge in [0.05, 0.1) is 0 Å². The first-order valence-electron chi connectivity index (χ1n) is 9.52. The maximum Gasteiger partial charge on any atom is 0.412 e. The molecule has 1 heterocycles. The van der Waals surface area contributed by atoms with E-state index in [1.165, 1.54) is 5.56 Å². The molecule has 0 atom stereocenters. The summed E-state index contributed by atoms with van der Waals surface area (Å²) >= 11 is 0. The van der Waals surface area contributed by atoms with Gasteiger partial charge in [-0.15, -0.1) is 0 Å². The zero-order chi connectivity index (χ0) is 19.9. The molecule has 2 aromatic rings. The number of carbonyl (C=O) groups is 2. The molecule has 1 saturated heterocycles. The van der Waals surface area contributed by atoms with Crippen LogP contribution in [-0.4, -0.2) is 42.6 Å². The summed E-state index contributed by atoms with van der Waals surface area (Å²) in [6.07, 6.45) is 0.924. The monoisotopic (exact) mass is 382 g/mol. The molecule has 1 aliphatic rings. The highest BCUT2D eigenvalue weighted by Crippen LogP contribution is 2.17. The summed E-state index contributed by atoms with van der Waals surface area (Å²) in [7, 11) is 0. The highest BCUT2D eigenvalue weighted by atomic mass is 16.6. The Hall–Kier alpha value is -3.02. The van der Waals surface area contributed by atoms with Gasteiger partial charge >= 0.3 is 6.09 Å². The van der Waals surface area contributed by atoms with E-state index in [2.05, 4.69) is 5.32 Å². The maximum absolute atomic E-state index is 12.4. The van der Waals surface area contributed by atoms with Crippen LogP contribution in [-0.2, 0) is 4.79 Å². The molecule has 1 fully saturated rings. The highest BCUT2D eigenvalue weighted by Gasteiger charge is 2.24. The van der Waals surface area contributed by atoms with Crippen LogP contribution >= 0.6 is 0 Å². The lowest BCUT2D eigenvalue weighted by Crippen LogP contribution is -2.48. The predicted octanol–water partition coefficient (Wildman–Crippen LogP) is 3.46. The van der Waals surface area contributed by atoms with E-state index < -0.39 is 6.09 Å². The molecule has 148 valence electrons. The Bertz CT molecular complexity index is 815. The highest BCUT2D eigenvalue weighted by molar-refractivity contribution is 5.78. The van der Waals surface area contributed by atoms with Crippen LogP contribution in [0, 0.1) is 13.8 Å². The molecular formula is C22H26N2O4. The lowest BCUT2D eigenvalue weighted by Gasteiger charge is -2.32. The van der Waals surface area contributed by atoms with Crippen LogP contribution < -0.4 is 14.8 Å². The molecule has 2 aromatic carbocycles. The molecule has 3 rings (SSSR count). The van der Waals surface area contributed by atoms with Crippen LogP contribution in [0.15, 0.2) is 48.5 Å². The Morgan fingerprint density at radius 3 is 2.39 bits per heavy atom. The van der Waals surface area contributed by atoms with Crippen molar-refractivity contribution >= 4 is 12.0 Å². The minimum absolute atomic E-state index is 0.000860. The Balaban J connectivity index is 1.40. The van der Waals surface area contributed by atoms with Crippen molar-refractivity contribution in [2.24, 2.45) is 0 Å². The average Bonchev–Trinajstić information content (AvgIpc) is 2.70. The van der Waals surface area contributed by atoms with Gasteiger partial charge in [0.25, 0.3) is 5.91 Å². The van der Waals surface area contributed by atoms with Crippen molar-refractivity contribution in [2.45, 2.75) is 32.7 Å². The topological polar surface area (TPSA) is 67.9 Å². The first-order chi connectivity index (χ1) is 13.5. The zero-order valence-electron chi connectivity index (χ0n) is 16.3. The van der Waals surface area contributed by atoms with E-state index in [0.717, 1.165) is 5.56 Å². The first kappa shape index (κ1) is 19.7. The fraction of sp³-hybridized carbons (Fsp3) is 0.364. The van der Waals surface area contributed by atoms with E-state index in [4.69, 9.17) is 9.47 Å². The van der Waals surface area contributed by atoms with Gasteiger partial charge in [-0.1, -0.05) is 24.3 Å². The number of hydrogen-bond acceptors (Lipinski definition) is 4. The number of ether oxygens (including phenoxy) is 2. The summed E-state index contributed by atoms with van der Waals surface area (Å²) in [5.74, 6) is 1.18. The summed E-state index contributed by atoms with van der Waals surface area (Å²) in [5.41, 5.74) is 2.33. The van der Waals surface area contributed by atoms with E-state index in [1.54, 1.807) is 17.0 Å². The minimum Gasteiger partial charge on any atom is -0.484 e. The summed E-state index contributed by atoms with van der Waals surface area (Å²) in [5, 5.41) is 2.87. The molecule has 28 heavy (non-hydrogen) atoms. The molecular weight excluding hydrogens is 356 g/mol. The minimum atomic E-state index is -0.464. The summed E-state index contributed by atoms with van der Waals surface area (Å²) in [6, 6.07) is 14.8. The van der Waals surface area contributed by atoms with E-state index in [1.807, 2.05) is 50.2 Å². The number of para-hydroxylation sites is 1. The molecule has 1 aliphatic heterocycles. The number of carbonyl (C=O) groups excluding carboxylic acids is 2. The Kier molecular flexibility index (Phi) is 6.53. The van der Waals surface area contributed by atoms with Crippen LogP contribution in [0.3, 0.4) is 0 Å². The van der Waals surface area contributed by atoms with E-state index >= 15 is 0 Å². The summed E-state index contributed by atoms with van der Waals surface area (Å²) in [6.45, 7) is 5.26. The van der Waals surface area contributed by atoms with Gasteiger partial charge < -0.3 is 19.7 Å². The molecule has 1 N–H and O–H groups in total. The number of hydrogen-bond donors (Lipinski definition) is 1. The van der Waals surface area contributed by atoms with Gasteiger partial charge in [-0.2, -0.15) is 0 Å². The molecule has 6 nitrogen and oxygen atoms in total. The molecule has 0 aliphatic carbocycles. The number of aryl methyl sites for hydroxylation is 2. The normalized spacial score (nSPS) is 14.4. The molecule has 0 spiro atoms. The lowest BCUT2D eigenvalue weighted by atomic mass is 10.1. The number of rotatable bonds is 5. The van der Waals surface area contributed by atoms with Crippen molar-refractivity contribution in [3.8, 4) is 11.5 Å². The van der Waals surface area contributed by atoms with Crippen molar-refractivity contribution in [1.82, 2.24) is 10.2 Å². The SMILES string of the molecule is Cc1ccc(OCC(=O)N2CCC(NC(=O)Oc3ccccc3)CC2)cc1C. The van der Waals surface area contributed by atoms with Crippen molar-refractivity contribution in [3.05, 3.63) is 59.7 Å². The second-order valence-electron chi connectivity index (χ2n) is 7.04. The molecule has 0 unspecified atom stereocenters. The number of benzene rings is 2. The van der Waals surface area contributed by atoms with Gasteiger partial charge in [-0.25, -0.2) is 4.79 Å². The van der Waals surface area contributed by atoms with E-state index in [9.17, 15) is 9.59 Å². The molecule has 2 amide bonds. The third kappa shape index (κ3) is 5.49. The van der Waals surface area contributed by atoms with Gasteiger partial charge in [-0.3, -0.25) is 4.79 Å². The largest absolute Gasteiger partial charge is 0.484 e. The second-order valence-corrected chi connectivity index (χ2v) is 7.04. The van der Waals surface area contributed by atoms with Crippen LogP contribution in [0.2, 0.25) is 0 Å². The number of likely N-dealkylation sites (tertiary alicyclic amines) is 1. The number of nitrogens with zero attached hydrogens (tertiary/aromatic N) is 1. The van der Waals surface area contributed by atoms with E-state index in [0.29, 0.717) is 37.4 Å². The third-order valence-electron chi connectivity index (χ3n) is 4.96. The molecule has 0 radical (unpaired) electrons. The molecule has 6 heteroatoms. The van der Waals surface area contributed by atoms with Gasteiger partial charge in [0, 0.05) is 19.1 Å². The summed E-state index contributed by atoms with van der Waals surface area (Å²) in [4.78, 5) is 26.1. The first-order valence-corrected chi connectivity index (χ1v) is 9.52. The predicted molar refractivity (Wildman–Crippen MR) is 107 cm³/mol. The van der Waals surface area contributed by atoms with Crippen molar-refractivity contribution < 1.29 is 19.1 Å². The van der Waals surface area contributed by atoms with Crippen LogP contribution in [0.25, 0.3) is 0 Å². The van der Waals surface area contributed by atoms with Crippen LogP contribution in [0.1, 0.15) is 24.0 Å². The molecule has 0 bridgehead atoms. The van der Waals surface area contributed by atoms with Gasteiger partial charge in [0.2, 0.25) is 0 Å². The van der Waals surface area contributed by atoms with Gasteiger partial charge in [0.1, 0.15) is 11.5 Å². The number of nitrogens with one attached hydrogen (secondary N) is 1.